The summed E-state index contributed by atoms with van der Waals surface area (Å²) in [5, 5.41) is 52.5. The topological polar surface area (TPSA) is 291 Å². The molecule has 0 aliphatic rings. The summed E-state index contributed by atoms with van der Waals surface area (Å²) in [5.41, 5.74) is 0.588. The first-order valence-corrected chi connectivity index (χ1v) is 18.6. The normalized spacial score (nSPS) is 11.2. The van der Waals surface area contributed by atoms with Crippen LogP contribution in [0.25, 0.3) is 10.8 Å². The Bertz CT molecular complexity index is 2320. The van der Waals surface area contributed by atoms with Gasteiger partial charge in [-0.2, -0.15) is 24.4 Å². The van der Waals surface area contributed by atoms with Gasteiger partial charge >= 0.3 is 88.7 Å². The molecule has 0 unspecified atom stereocenters. The SMILES string of the molecule is C.O=S(=O)([O-])c1cccc(Nc2nc(Cl)nc(Nc3ccc4cc(SOO[O-])c(N=Nc5ccc(S(=O)(=O)CCOSOO[O-])cc5)c(O)c4c3)n2)c1.[Na+].[Na+].[Na+]. The maximum atomic E-state index is 12.5. The van der Waals surface area contributed by atoms with Crippen molar-refractivity contribution in [2.24, 2.45) is 10.2 Å². The molecule has 5 aromatic rings. The Kier molecular flexibility index (Phi) is 23.3. The van der Waals surface area contributed by atoms with Crippen LogP contribution in [0.1, 0.15) is 7.43 Å². The summed E-state index contributed by atoms with van der Waals surface area (Å²) in [5.74, 6) is -0.970. The first-order chi connectivity index (χ1) is 24.9. The van der Waals surface area contributed by atoms with E-state index >= 15 is 0 Å². The molecule has 0 amide bonds. The third-order valence-corrected chi connectivity index (χ3v) is 10.1. The van der Waals surface area contributed by atoms with Crippen LogP contribution in [-0.2, 0) is 42.9 Å². The zero-order valence-corrected chi connectivity index (χ0v) is 38.5. The number of nitrogens with zero attached hydrogens (tertiary/aromatic N) is 5. The van der Waals surface area contributed by atoms with E-state index in [4.69, 9.17) is 15.8 Å². The molecule has 0 aliphatic heterocycles. The number of halogens is 1. The summed E-state index contributed by atoms with van der Waals surface area (Å²) >= 11 is 6.72. The molecule has 20 nitrogen and oxygen atoms in total. The number of nitrogens with one attached hydrogen (secondary N) is 2. The van der Waals surface area contributed by atoms with Gasteiger partial charge in [-0.25, -0.2) is 16.8 Å². The minimum Gasteiger partial charge on any atom is -0.744 e. The van der Waals surface area contributed by atoms with Gasteiger partial charge in [0.05, 0.1) is 44.8 Å². The predicted octanol–water partition coefficient (Wildman–Crippen LogP) is -4.35. The van der Waals surface area contributed by atoms with E-state index in [-0.39, 0.29) is 164 Å². The molecule has 5 rings (SSSR count). The first-order valence-electron chi connectivity index (χ1n) is 13.8. The number of rotatable bonds is 17. The second-order valence-electron chi connectivity index (χ2n) is 9.75. The van der Waals surface area contributed by atoms with Gasteiger partial charge in [-0.1, -0.05) is 19.6 Å². The molecule has 282 valence electrons. The van der Waals surface area contributed by atoms with Crippen molar-refractivity contribution in [3.63, 3.8) is 0 Å². The van der Waals surface area contributed by atoms with Crippen molar-refractivity contribution in [1.82, 2.24) is 15.0 Å². The summed E-state index contributed by atoms with van der Waals surface area (Å²) in [6.45, 7) is -0.303. The molecule has 56 heavy (non-hydrogen) atoms. The van der Waals surface area contributed by atoms with Crippen LogP contribution in [0.4, 0.5) is 34.6 Å². The molecule has 3 N–H and O–H groups in total. The Balaban J connectivity index is 0.00000392. The van der Waals surface area contributed by atoms with Crippen LogP contribution in [0, 0.1) is 0 Å². The molecule has 4 aromatic carbocycles. The van der Waals surface area contributed by atoms with E-state index in [1.165, 1.54) is 48.5 Å². The molecule has 0 bridgehead atoms. The molecule has 0 saturated carbocycles. The number of anilines is 4. The van der Waals surface area contributed by atoms with Gasteiger partial charge in [0.15, 0.2) is 27.9 Å². The van der Waals surface area contributed by atoms with Crippen molar-refractivity contribution < 1.29 is 149 Å². The fraction of sp³-hybridized carbons (Fsp3) is 0.107. The molecule has 0 spiro atoms. The van der Waals surface area contributed by atoms with Crippen molar-refractivity contribution in [3.8, 4) is 5.75 Å². The number of aromatic hydroxyl groups is 1. The zero-order valence-electron chi connectivity index (χ0n) is 28.4. The van der Waals surface area contributed by atoms with Crippen LogP contribution in [0.2, 0.25) is 5.28 Å². The quantitative estimate of drug-likeness (QED) is 0.0151. The first kappa shape index (κ1) is 52.7. The molecule has 1 heterocycles. The van der Waals surface area contributed by atoms with E-state index in [9.17, 15) is 37.0 Å². The molecule has 0 atom stereocenters. The number of fused-ring (bicyclic) bond motifs is 1. The average Bonchev–Trinajstić information content (AvgIpc) is 3.10. The van der Waals surface area contributed by atoms with Crippen molar-refractivity contribution in [2.75, 3.05) is 23.0 Å². The number of benzene rings is 4. The van der Waals surface area contributed by atoms with E-state index < -0.39 is 36.4 Å². The minimum absolute atomic E-state index is 0. The summed E-state index contributed by atoms with van der Waals surface area (Å²) in [6.07, 6.45) is 0. The number of sulfone groups is 1. The Labute approximate surface area is 399 Å². The number of azo groups is 1. The van der Waals surface area contributed by atoms with Gasteiger partial charge in [-0.05, 0) is 77.7 Å². The van der Waals surface area contributed by atoms with Crippen LogP contribution in [0.5, 0.6) is 5.75 Å². The zero-order chi connectivity index (χ0) is 37.3. The molecule has 28 heteroatoms. The van der Waals surface area contributed by atoms with Crippen molar-refractivity contribution in [3.05, 3.63) is 78.1 Å². The largest absolute Gasteiger partial charge is 1.00 e. The van der Waals surface area contributed by atoms with Crippen LogP contribution in [0.3, 0.4) is 0 Å². The summed E-state index contributed by atoms with van der Waals surface area (Å²) in [4.78, 5) is 11.8. The van der Waals surface area contributed by atoms with Crippen LogP contribution in [0.15, 0.2) is 97.7 Å². The van der Waals surface area contributed by atoms with Crippen molar-refractivity contribution >= 4 is 101 Å². The second-order valence-corrected chi connectivity index (χ2v) is 14.8. The fourth-order valence-electron chi connectivity index (χ4n) is 4.23. The van der Waals surface area contributed by atoms with Gasteiger partial charge < -0.3 is 30.8 Å². The molecule has 0 fully saturated rings. The second kappa shape index (κ2) is 24.7. The Morgan fingerprint density at radius 2 is 1.45 bits per heavy atom. The monoisotopic (exact) mass is 897 g/mol. The molecule has 0 saturated heterocycles. The van der Waals surface area contributed by atoms with Gasteiger partial charge in [0.2, 0.25) is 17.2 Å². The fourth-order valence-corrected chi connectivity index (χ4v) is 6.81. The summed E-state index contributed by atoms with van der Waals surface area (Å²) < 4.78 is 72.4. The standard InChI is InChI=1S/C27H22ClN7O13S4.CH4.3Na/c28-25-31-26(29-17-2-1-3-20(13-17)52(41,42)43)33-27(32-25)30-18-5-4-15-12-22(49-47-45-37)23(24(36)21(15)14-18)35-34-16-6-8-19(9-7-16)51(39,40)11-10-44-50-48-46-38;;;;/h1-9,12-14,36-38H,10-11H2,(H,41,42,43)(H2,29,30,31,32,33);1H4;;;/q;;3*+1/p-3. The third-order valence-electron chi connectivity index (χ3n) is 6.45. The minimum atomic E-state index is -4.72. The predicted molar refractivity (Wildman–Crippen MR) is 185 cm³/mol. The van der Waals surface area contributed by atoms with Crippen molar-refractivity contribution in [1.29, 1.82) is 0 Å². The van der Waals surface area contributed by atoms with Gasteiger partial charge in [-0.3, -0.25) is 14.3 Å². The van der Waals surface area contributed by atoms with Gasteiger partial charge in [-0.15, -0.1) is 9.45 Å². The molecular weight excluding hydrogens is 875 g/mol. The number of hydrogen-bond donors (Lipinski definition) is 3. The van der Waals surface area contributed by atoms with Crippen LogP contribution < -0.4 is 110 Å². The number of aromatic nitrogens is 3. The van der Waals surface area contributed by atoms with E-state index in [0.717, 1.165) is 12.1 Å². The number of phenolic OH excluding ortho intramolecular Hbond substituents is 1. The third kappa shape index (κ3) is 15.1. The maximum Gasteiger partial charge on any atom is 1.00 e. The Morgan fingerprint density at radius 3 is 2.07 bits per heavy atom. The van der Waals surface area contributed by atoms with Crippen molar-refractivity contribution in [2.45, 2.75) is 22.1 Å². The van der Waals surface area contributed by atoms with E-state index in [0.29, 0.717) is 23.1 Å². The van der Waals surface area contributed by atoms with E-state index in [2.05, 4.69) is 54.6 Å². The van der Waals surface area contributed by atoms with Crippen LogP contribution >= 0.6 is 36.0 Å². The van der Waals surface area contributed by atoms with Crippen LogP contribution in [-0.4, -0.2) is 53.8 Å². The molecule has 0 radical (unpaired) electrons. The van der Waals surface area contributed by atoms with Gasteiger partial charge in [0.1, 0.15) is 15.8 Å². The smallest absolute Gasteiger partial charge is 0.744 e. The van der Waals surface area contributed by atoms with E-state index in [1.54, 1.807) is 12.1 Å². The number of hydrogen-bond acceptors (Lipinski definition) is 22. The average molecular weight is 898 g/mol. The summed E-state index contributed by atoms with van der Waals surface area (Å²) in [6, 6.07) is 16.6. The van der Waals surface area contributed by atoms with E-state index in [1.807, 2.05) is 0 Å². The molecule has 1 aromatic heterocycles. The Hall–Kier alpha value is -1.28. The molecular formula is C28H23ClN7Na3O13S4. The maximum absolute atomic E-state index is 12.5. The molecule has 0 aliphatic carbocycles. The van der Waals surface area contributed by atoms with Gasteiger partial charge in [0.25, 0.3) is 0 Å². The van der Waals surface area contributed by atoms with Gasteiger partial charge in [0, 0.05) is 16.8 Å². The summed E-state index contributed by atoms with van der Waals surface area (Å²) in [7, 11) is -8.50. The number of phenols is 1. The Morgan fingerprint density at radius 1 is 0.804 bits per heavy atom.